The third kappa shape index (κ3) is 7.11. The molecule has 0 fully saturated rings. The molecule has 0 heterocycles. The van der Waals surface area contributed by atoms with Crippen LogP contribution in [0, 0.1) is 0 Å². The maximum absolute atomic E-state index is 11.1. The van der Waals surface area contributed by atoms with Crippen molar-refractivity contribution in [3.8, 4) is 0 Å². The van der Waals surface area contributed by atoms with E-state index >= 15 is 0 Å². The standard InChI is InChI=1S/C4H5O3.3C4H9.Sn/c5-3-1-2-4(6)7;3*1-3-4-2;/h2,5H,3H2,(H,6,7);3*1,3-4H2,2H3;. The number of carbonyl (C=O) groups is 1. The number of aliphatic hydroxyl groups is 1. The summed E-state index contributed by atoms with van der Waals surface area (Å²) in [6.45, 7) is 6.53. The van der Waals surface area contributed by atoms with Gasteiger partial charge in [0.25, 0.3) is 0 Å². The van der Waals surface area contributed by atoms with Gasteiger partial charge in [-0.3, -0.25) is 0 Å². The van der Waals surface area contributed by atoms with Crippen LogP contribution in [-0.4, -0.2) is 41.2 Å². The average Bonchev–Trinajstić information content (AvgIpc) is 2.44. The number of rotatable bonds is 12. The summed E-state index contributed by atoms with van der Waals surface area (Å²) in [7, 11) is 0. The van der Waals surface area contributed by atoms with Gasteiger partial charge >= 0.3 is 128 Å². The van der Waals surface area contributed by atoms with Crippen molar-refractivity contribution < 1.29 is 15.0 Å². The molecule has 0 unspecified atom stereocenters. The van der Waals surface area contributed by atoms with Gasteiger partial charge in [-0.2, -0.15) is 0 Å². The van der Waals surface area contributed by atoms with E-state index in [9.17, 15) is 9.90 Å². The second-order valence-corrected chi connectivity index (χ2v) is 19.2. The van der Waals surface area contributed by atoms with Gasteiger partial charge in [0, 0.05) is 0 Å². The van der Waals surface area contributed by atoms with E-state index in [1.165, 1.54) is 38.6 Å². The molecule has 0 amide bonds. The van der Waals surface area contributed by atoms with E-state index < -0.39 is 24.3 Å². The Morgan fingerprint density at radius 1 is 0.950 bits per heavy atom. The van der Waals surface area contributed by atoms with Crippen molar-refractivity contribution in [3.63, 3.8) is 0 Å². The molecule has 0 atom stereocenters. The van der Waals surface area contributed by atoms with Crippen LogP contribution in [0.15, 0.2) is 9.67 Å². The fourth-order valence-electron chi connectivity index (χ4n) is 2.92. The number of aliphatic carboxylic acids is 1. The third-order valence-corrected chi connectivity index (χ3v) is 20.1. The van der Waals surface area contributed by atoms with Crippen molar-refractivity contribution in [2.24, 2.45) is 0 Å². The van der Waals surface area contributed by atoms with Crippen LogP contribution in [0.5, 0.6) is 0 Å². The van der Waals surface area contributed by atoms with Gasteiger partial charge in [0.05, 0.1) is 0 Å². The van der Waals surface area contributed by atoms with Crippen LogP contribution in [-0.2, 0) is 4.79 Å². The van der Waals surface area contributed by atoms with Gasteiger partial charge < -0.3 is 0 Å². The van der Waals surface area contributed by atoms with Crippen LogP contribution in [0.2, 0.25) is 13.3 Å². The fraction of sp³-hybridized carbons (Fsp3) is 0.812. The van der Waals surface area contributed by atoms with Crippen molar-refractivity contribution in [2.45, 2.75) is 72.6 Å². The number of carboxylic acids is 1. The molecule has 0 aromatic carbocycles. The Hall–Kier alpha value is -0.0313. The quantitative estimate of drug-likeness (QED) is 0.384. The molecule has 0 radical (unpaired) electrons. The molecule has 0 saturated carbocycles. The van der Waals surface area contributed by atoms with Crippen molar-refractivity contribution in [1.29, 1.82) is 0 Å². The first kappa shape index (κ1) is 20.0. The molecule has 0 aliphatic carbocycles. The Balaban J connectivity index is 5.33. The van der Waals surface area contributed by atoms with Gasteiger partial charge in [-0.05, 0) is 0 Å². The summed E-state index contributed by atoms with van der Waals surface area (Å²) < 4.78 is 4.53. The summed E-state index contributed by atoms with van der Waals surface area (Å²) in [5.41, 5.74) is 0. The molecule has 20 heavy (non-hydrogen) atoms. The van der Waals surface area contributed by atoms with Gasteiger partial charge in [0.2, 0.25) is 0 Å². The molecular weight excluding hydrogens is 359 g/mol. The first-order chi connectivity index (χ1) is 9.56. The molecule has 0 rings (SSSR count). The number of unbranched alkanes of at least 4 members (excludes halogenated alkanes) is 3. The van der Waals surface area contributed by atoms with Crippen molar-refractivity contribution in [3.05, 3.63) is 9.67 Å². The minimum absolute atomic E-state index is 0.0421. The van der Waals surface area contributed by atoms with Gasteiger partial charge in [-0.15, -0.1) is 0 Å². The van der Waals surface area contributed by atoms with Crippen LogP contribution < -0.4 is 0 Å². The molecule has 0 aliphatic heterocycles. The monoisotopic (exact) mass is 392 g/mol. The summed E-state index contributed by atoms with van der Waals surface area (Å²) in [4.78, 5) is 11.1. The molecular formula is C16H32O3Sn. The van der Waals surface area contributed by atoms with E-state index in [0.29, 0.717) is 0 Å². The third-order valence-electron chi connectivity index (χ3n) is 4.18. The zero-order chi connectivity index (χ0) is 15.4. The Morgan fingerprint density at radius 2 is 1.35 bits per heavy atom. The molecule has 0 spiro atoms. The van der Waals surface area contributed by atoms with E-state index in [-0.39, 0.29) is 6.61 Å². The fourth-order valence-corrected chi connectivity index (χ4v) is 18.8. The maximum atomic E-state index is 11.1. The van der Waals surface area contributed by atoms with E-state index in [2.05, 4.69) is 20.8 Å². The predicted octanol–water partition coefficient (Wildman–Crippen LogP) is 4.38. The molecule has 0 aromatic heterocycles. The molecule has 2 N–H and O–H groups in total. The first-order valence-corrected chi connectivity index (χ1v) is 15.6. The second kappa shape index (κ2) is 11.6. The van der Waals surface area contributed by atoms with Crippen molar-refractivity contribution in [2.75, 3.05) is 6.61 Å². The molecule has 0 saturated heterocycles. The Labute approximate surface area is 128 Å². The summed E-state index contributed by atoms with van der Waals surface area (Å²) in [6, 6.07) is 0. The SMILES string of the molecule is CCC[CH2][Sn]([CH2]CCC)([CH2]CCC)/[C](=C\C(=O)O)CO. The van der Waals surface area contributed by atoms with Crippen LogP contribution >= 0.6 is 0 Å². The van der Waals surface area contributed by atoms with E-state index in [1.807, 2.05) is 0 Å². The molecule has 0 aromatic rings. The Bertz CT molecular complexity index is 278. The Kier molecular flexibility index (Phi) is 11.6. The number of aliphatic hydroxyl groups excluding tert-OH is 1. The van der Waals surface area contributed by atoms with Gasteiger partial charge in [-0.25, -0.2) is 0 Å². The van der Waals surface area contributed by atoms with E-state index in [1.54, 1.807) is 0 Å². The predicted molar refractivity (Wildman–Crippen MR) is 87.7 cm³/mol. The minimum atomic E-state index is -2.69. The number of carboxylic acid groups (broad SMARTS) is 1. The zero-order valence-electron chi connectivity index (χ0n) is 13.5. The van der Waals surface area contributed by atoms with Crippen molar-refractivity contribution >= 4 is 24.3 Å². The van der Waals surface area contributed by atoms with E-state index in [0.717, 1.165) is 22.9 Å². The topological polar surface area (TPSA) is 57.5 Å². The molecule has 0 bridgehead atoms. The van der Waals surface area contributed by atoms with Gasteiger partial charge in [0.15, 0.2) is 0 Å². The molecule has 118 valence electrons. The van der Waals surface area contributed by atoms with Crippen LogP contribution in [0.3, 0.4) is 0 Å². The average molecular weight is 391 g/mol. The molecule has 3 nitrogen and oxygen atoms in total. The summed E-state index contributed by atoms with van der Waals surface area (Å²) >= 11 is -2.69. The van der Waals surface area contributed by atoms with E-state index in [4.69, 9.17) is 5.11 Å². The number of hydrogen-bond donors (Lipinski definition) is 2. The number of hydrogen-bond acceptors (Lipinski definition) is 2. The summed E-state index contributed by atoms with van der Waals surface area (Å²) in [6.07, 6.45) is 8.35. The Morgan fingerprint density at radius 3 is 1.60 bits per heavy atom. The van der Waals surface area contributed by atoms with Gasteiger partial charge in [0.1, 0.15) is 0 Å². The van der Waals surface area contributed by atoms with Crippen LogP contribution in [0.4, 0.5) is 0 Å². The zero-order valence-corrected chi connectivity index (χ0v) is 16.3. The van der Waals surface area contributed by atoms with Crippen molar-refractivity contribution in [1.82, 2.24) is 0 Å². The normalized spacial score (nSPS) is 12.7. The summed E-state index contributed by atoms with van der Waals surface area (Å²) in [5, 5.41) is 18.8. The second-order valence-electron chi connectivity index (χ2n) is 5.76. The van der Waals surface area contributed by atoms with Crippen LogP contribution in [0.25, 0.3) is 0 Å². The van der Waals surface area contributed by atoms with Crippen LogP contribution in [0.1, 0.15) is 59.3 Å². The van der Waals surface area contributed by atoms with Gasteiger partial charge in [-0.1, -0.05) is 0 Å². The molecule has 0 aliphatic rings. The summed E-state index contributed by atoms with van der Waals surface area (Å²) in [5.74, 6) is -0.889. The first-order valence-electron chi connectivity index (χ1n) is 8.11. The molecule has 4 heteroatoms.